The first-order chi connectivity index (χ1) is 8.44. The van der Waals surface area contributed by atoms with Crippen LogP contribution in [0, 0.1) is 0 Å². The normalized spacial score (nSPS) is 14.5. The second kappa shape index (κ2) is 6.45. The average Bonchev–Trinajstić information content (AvgIpc) is 2.66. The molecule has 6 heteroatoms. The molecule has 1 aromatic heterocycles. The molecule has 0 saturated carbocycles. The van der Waals surface area contributed by atoms with Gasteiger partial charge in [0.1, 0.15) is 5.69 Å². The minimum absolute atomic E-state index is 0.0928. The van der Waals surface area contributed by atoms with E-state index in [1.807, 2.05) is 6.92 Å². The number of hydrogen-bond acceptors (Lipinski definition) is 4. The Morgan fingerprint density at radius 3 is 2.89 bits per heavy atom. The lowest BCUT2D eigenvalue weighted by atomic mass is 9.90. The first-order valence-corrected chi connectivity index (χ1v) is 6.77. The van der Waals surface area contributed by atoms with Gasteiger partial charge in [-0.3, -0.25) is 9.48 Å². The van der Waals surface area contributed by atoms with Crippen LogP contribution in [0.5, 0.6) is 0 Å². The van der Waals surface area contributed by atoms with Crippen LogP contribution in [-0.2, 0) is 11.3 Å². The highest BCUT2D eigenvalue weighted by molar-refractivity contribution is 9.10. The van der Waals surface area contributed by atoms with Crippen LogP contribution in [0.25, 0.3) is 0 Å². The molecule has 0 aliphatic carbocycles. The van der Waals surface area contributed by atoms with Gasteiger partial charge in [-0.2, -0.15) is 5.10 Å². The third-order valence-electron chi connectivity index (χ3n) is 2.81. The second-order valence-electron chi connectivity index (χ2n) is 4.55. The predicted octanol–water partition coefficient (Wildman–Crippen LogP) is 1.99. The van der Waals surface area contributed by atoms with Crippen LogP contribution in [0.2, 0.25) is 0 Å². The van der Waals surface area contributed by atoms with Gasteiger partial charge in [0.25, 0.3) is 0 Å². The Morgan fingerprint density at radius 1 is 1.67 bits per heavy atom. The summed E-state index contributed by atoms with van der Waals surface area (Å²) in [5.74, 6) is -0.0928. The molecule has 1 aromatic rings. The van der Waals surface area contributed by atoms with Crippen molar-refractivity contribution in [1.29, 1.82) is 0 Å². The Labute approximate surface area is 116 Å². The summed E-state index contributed by atoms with van der Waals surface area (Å²) >= 11 is 3.35. The number of halogens is 1. The van der Waals surface area contributed by atoms with E-state index in [0.717, 1.165) is 6.42 Å². The molecule has 2 N–H and O–H groups in total. The summed E-state index contributed by atoms with van der Waals surface area (Å²) in [7, 11) is 1.62. The maximum atomic E-state index is 12.5. The number of hydrogen-bond donors (Lipinski definition) is 1. The predicted molar refractivity (Wildman–Crippen MR) is 73.6 cm³/mol. The fourth-order valence-electron chi connectivity index (χ4n) is 1.84. The monoisotopic (exact) mass is 317 g/mol. The maximum Gasteiger partial charge on any atom is 0.201 e. The molecule has 0 amide bonds. The largest absolute Gasteiger partial charge is 0.383 e. The molecule has 5 nitrogen and oxygen atoms in total. The van der Waals surface area contributed by atoms with E-state index in [-0.39, 0.29) is 5.78 Å². The van der Waals surface area contributed by atoms with Crippen molar-refractivity contribution in [1.82, 2.24) is 9.78 Å². The first-order valence-electron chi connectivity index (χ1n) is 5.98. The van der Waals surface area contributed by atoms with Crippen LogP contribution >= 0.6 is 15.9 Å². The molecule has 0 aliphatic heterocycles. The third-order valence-corrected chi connectivity index (χ3v) is 3.39. The van der Waals surface area contributed by atoms with Gasteiger partial charge in [-0.15, -0.1) is 0 Å². The number of methoxy groups -OCH3 is 1. The van der Waals surface area contributed by atoms with Gasteiger partial charge in [0.05, 0.1) is 29.4 Å². The molecule has 1 heterocycles. The van der Waals surface area contributed by atoms with E-state index < -0.39 is 5.54 Å². The van der Waals surface area contributed by atoms with Crippen LogP contribution in [0.4, 0.5) is 0 Å². The van der Waals surface area contributed by atoms with E-state index in [9.17, 15) is 4.79 Å². The Morgan fingerprint density at radius 2 is 2.33 bits per heavy atom. The third kappa shape index (κ3) is 3.40. The van der Waals surface area contributed by atoms with Crippen molar-refractivity contribution in [2.24, 2.45) is 5.73 Å². The zero-order chi connectivity index (χ0) is 13.8. The quantitative estimate of drug-likeness (QED) is 0.781. The molecule has 0 saturated heterocycles. The van der Waals surface area contributed by atoms with E-state index in [2.05, 4.69) is 21.0 Å². The van der Waals surface area contributed by atoms with E-state index in [0.29, 0.717) is 29.7 Å². The van der Waals surface area contributed by atoms with Crippen LogP contribution in [0.1, 0.15) is 37.2 Å². The molecular weight excluding hydrogens is 298 g/mol. The van der Waals surface area contributed by atoms with Crippen LogP contribution in [-0.4, -0.2) is 34.8 Å². The highest BCUT2D eigenvalue weighted by Gasteiger charge is 2.32. The Balaban J connectivity index is 3.00. The summed E-state index contributed by atoms with van der Waals surface area (Å²) < 4.78 is 7.32. The Bertz CT molecular complexity index is 415. The summed E-state index contributed by atoms with van der Waals surface area (Å²) in [6.07, 6.45) is 3.13. The maximum absolute atomic E-state index is 12.5. The number of carbonyl (C=O) groups is 1. The van der Waals surface area contributed by atoms with Crippen molar-refractivity contribution in [2.45, 2.75) is 38.8 Å². The smallest absolute Gasteiger partial charge is 0.201 e. The van der Waals surface area contributed by atoms with Crippen molar-refractivity contribution >= 4 is 21.7 Å². The fourth-order valence-corrected chi connectivity index (χ4v) is 2.32. The van der Waals surface area contributed by atoms with Gasteiger partial charge in [-0.05, 0) is 29.3 Å². The van der Waals surface area contributed by atoms with Gasteiger partial charge >= 0.3 is 0 Å². The van der Waals surface area contributed by atoms with Crippen molar-refractivity contribution in [3.05, 3.63) is 16.4 Å². The van der Waals surface area contributed by atoms with Crippen LogP contribution in [0.15, 0.2) is 10.7 Å². The topological polar surface area (TPSA) is 70.1 Å². The molecule has 18 heavy (non-hydrogen) atoms. The number of nitrogens with two attached hydrogens (primary N) is 1. The van der Waals surface area contributed by atoms with Crippen molar-refractivity contribution < 1.29 is 9.53 Å². The zero-order valence-corrected chi connectivity index (χ0v) is 12.7. The van der Waals surface area contributed by atoms with Gasteiger partial charge in [0.15, 0.2) is 0 Å². The van der Waals surface area contributed by atoms with E-state index in [4.69, 9.17) is 10.5 Å². The number of carbonyl (C=O) groups excluding carboxylic acids is 1. The van der Waals surface area contributed by atoms with Gasteiger partial charge in [0.2, 0.25) is 5.78 Å². The molecule has 1 unspecified atom stereocenters. The highest BCUT2D eigenvalue weighted by atomic mass is 79.9. The standard InChI is InChI=1S/C12H20BrN3O2/c1-4-5-12(2,14)11(17)10-9(13)8-15-16(10)6-7-18-3/h8H,4-7,14H2,1-3H3. The number of aromatic nitrogens is 2. The minimum Gasteiger partial charge on any atom is -0.383 e. The zero-order valence-electron chi connectivity index (χ0n) is 11.1. The van der Waals surface area contributed by atoms with E-state index in [1.165, 1.54) is 0 Å². The lowest BCUT2D eigenvalue weighted by molar-refractivity contribution is 0.0877. The molecule has 1 rings (SSSR count). The fraction of sp³-hybridized carbons (Fsp3) is 0.667. The summed E-state index contributed by atoms with van der Waals surface area (Å²) in [6.45, 7) is 4.81. The van der Waals surface area contributed by atoms with Gasteiger partial charge < -0.3 is 10.5 Å². The number of ether oxygens (including phenoxy) is 1. The molecule has 102 valence electrons. The van der Waals surface area contributed by atoms with Crippen LogP contribution in [0.3, 0.4) is 0 Å². The molecule has 0 fully saturated rings. The van der Waals surface area contributed by atoms with Gasteiger partial charge in [-0.25, -0.2) is 0 Å². The SMILES string of the molecule is CCCC(C)(N)C(=O)c1c(Br)cnn1CCOC. The number of Topliss-reactive ketones (excluding diaryl/α,β-unsaturated/α-hetero) is 1. The molecule has 1 atom stereocenters. The van der Waals surface area contributed by atoms with E-state index >= 15 is 0 Å². The molecule has 0 radical (unpaired) electrons. The highest BCUT2D eigenvalue weighted by Crippen LogP contribution is 2.23. The lowest BCUT2D eigenvalue weighted by Crippen LogP contribution is -2.45. The lowest BCUT2D eigenvalue weighted by Gasteiger charge is -2.23. The molecule has 0 aromatic carbocycles. The minimum atomic E-state index is -0.859. The second-order valence-corrected chi connectivity index (χ2v) is 5.41. The molecular formula is C12H20BrN3O2. The molecule has 0 bridgehead atoms. The molecule has 0 spiro atoms. The Hall–Kier alpha value is -0.720. The number of ketones is 1. The average molecular weight is 318 g/mol. The summed E-state index contributed by atoms with van der Waals surface area (Å²) in [5, 5.41) is 4.16. The summed E-state index contributed by atoms with van der Waals surface area (Å²) in [5.41, 5.74) is 5.75. The first kappa shape index (κ1) is 15.3. The summed E-state index contributed by atoms with van der Waals surface area (Å²) in [6, 6.07) is 0. The van der Waals surface area contributed by atoms with Crippen molar-refractivity contribution in [3.8, 4) is 0 Å². The molecule has 0 aliphatic rings. The van der Waals surface area contributed by atoms with Gasteiger partial charge in [-0.1, -0.05) is 13.3 Å². The summed E-state index contributed by atoms with van der Waals surface area (Å²) in [4.78, 5) is 12.5. The number of rotatable bonds is 7. The van der Waals surface area contributed by atoms with E-state index in [1.54, 1.807) is 24.9 Å². The van der Waals surface area contributed by atoms with Gasteiger partial charge in [0, 0.05) is 7.11 Å². The van der Waals surface area contributed by atoms with Crippen LogP contribution < -0.4 is 5.73 Å². The Kier molecular flexibility index (Phi) is 5.49. The van der Waals surface area contributed by atoms with Crippen molar-refractivity contribution in [3.63, 3.8) is 0 Å². The number of nitrogens with zero attached hydrogens (tertiary/aromatic N) is 2. The van der Waals surface area contributed by atoms with Crippen molar-refractivity contribution in [2.75, 3.05) is 13.7 Å².